The third-order valence-corrected chi connectivity index (χ3v) is 3.50. The molecule has 2 aromatic rings. The molecular weight excluding hydrogens is 266 g/mol. The maximum Gasteiger partial charge on any atom is 0.246 e. The molecule has 0 spiro atoms. The van der Waals surface area contributed by atoms with Gasteiger partial charge in [0.25, 0.3) is 0 Å². The summed E-state index contributed by atoms with van der Waals surface area (Å²) in [6, 6.07) is 11.2. The van der Waals surface area contributed by atoms with Crippen LogP contribution in [0.5, 0.6) is 5.75 Å². The Hall–Kier alpha value is -2.40. The number of fused-ring (bicyclic) bond motifs is 1. The molecule has 0 bridgehead atoms. The van der Waals surface area contributed by atoms with E-state index < -0.39 is 0 Å². The van der Waals surface area contributed by atoms with Gasteiger partial charge in [0.2, 0.25) is 5.91 Å². The topological polar surface area (TPSA) is 63.2 Å². The summed E-state index contributed by atoms with van der Waals surface area (Å²) < 4.78 is 5.73. The van der Waals surface area contributed by atoms with E-state index in [4.69, 9.17) is 4.74 Å². The Kier molecular flexibility index (Phi) is 3.83. The molecule has 1 aliphatic heterocycles. The summed E-state index contributed by atoms with van der Waals surface area (Å²) in [5, 5.41) is 5.85. The minimum Gasteiger partial charge on any atom is -0.493 e. The molecule has 2 N–H and O–H groups in total. The lowest BCUT2D eigenvalue weighted by molar-refractivity contribution is -0.117. The second kappa shape index (κ2) is 5.93. The molecule has 0 fully saturated rings. The van der Waals surface area contributed by atoms with Crippen LogP contribution >= 0.6 is 0 Å². The average Bonchev–Trinajstić information content (AvgIpc) is 2.82. The largest absolute Gasteiger partial charge is 0.493 e. The van der Waals surface area contributed by atoms with Gasteiger partial charge in [0.1, 0.15) is 11.8 Å². The first-order chi connectivity index (χ1) is 10.3. The maximum atomic E-state index is 11.7. The summed E-state index contributed by atoms with van der Waals surface area (Å²) in [5.41, 5.74) is 2.77. The maximum absolute atomic E-state index is 11.7. The van der Waals surface area contributed by atoms with E-state index in [1.165, 1.54) is 0 Å². The molecule has 1 aliphatic rings. The Morgan fingerprint density at radius 3 is 3.00 bits per heavy atom. The Labute approximate surface area is 123 Å². The van der Waals surface area contributed by atoms with Gasteiger partial charge < -0.3 is 15.4 Å². The van der Waals surface area contributed by atoms with Crippen molar-refractivity contribution in [1.29, 1.82) is 0 Å². The number of rotatable bonds is 5. The molecule has 0 aliphatic carbocycles. The summed E-state index contributed by atoms with van der Waals surface area (Å²) in [6.07, 6.45) is 2.53. The molecule has 1 unspecified atom stereocenters. The van der Waals surface area contributed by atoms with Crippen LogP contribution in [0.25, 0.3) is 0 Å². The first-order valence-corrected chi connectivity index (χ1v) is 6.93. The zero-order valence-corrected chi connectivity index (χ0v) is 11.8. The van der Waals surface area contributed by atoms with E-state index in [2.05, 4.69) is 15.6 Å². The number of carbonyl (C=O) groups is 1. The fraction of sp³-hybridized carbons (Fsp3) is 0.250. The molecule has 5 heteroatoms. The van der Waals surface area contributed by atoms with E-state index >= 15 is 0 Å². The number of anilines is 1. The smallest absolute Gasteiger partial charge is 0.246 e. The number of benzene rings is 1. The Bertz CT molecular complexity index is 643. The second-order valence-electron chi connectivity index (χ2n) is 4.88. The van der Waals surface area contributed by atoms with Crippen LogP contribution in [-0.4, -0.2) is 24.5 Å². The van der Waals surface area contributed by atoms with Gasteiger partial charge in [0.15, 0.2) is 0 Å². The Morgan fingerprint density at radius 1 is 1.33 bits per heavy atom. The number of nitrogens with zero attached hydrogens (tertiary/aromatic N) is 1. The predicted molar refractivity (Wildman–Crippen MR) is 80.3 cm³/mol. The number of nitrogens with one attached hydrogen (secondary N) is 2. The lowest BCUT2D eigenvalue weighted by Gasteiger charge is -2.09. The third kappa shape index (κ3) is 2.87. The predicted octanol–water partition coefficient (Wildman–Crippen LogP) is 1.92. The molecule has 1 aromatic heterocycles. The van der Waals surface area contributed by atoms with Gasteiger partial charge in [-0.05, 0) is 25.2 Å². The minimum absolute atomic E-state index is 0.0295. The van der Waals surface area contributed by atoms with Crippen LogP contribution < -0.4 is 15.4 Å². The third-order valence-electron chi connectivity index (χ3n) is 3.50. The van der Waals surface area contributed by atoms with Crippen LogP contribution in [0.15, 0.2) is 42.6 Å². The first kappa shape index (κ1) is 13.6. The SMILES string of the molecule is CNC1C(=O)Nc2cc(OCCc3ccccn3)ccc21. The molecule has 108 valence electrons. The minimum atomic E-state index is -0.275. The van der Waals surface area contributed by atoms with E-state index in [1.807, 2.05) is 36.4 Å². The van der Waals surface area contributed by atoms with Crippen LogP contribution in [0.1, 0.15) is 17.3 Å². The summed E-state index contributed by atoms with van der Waals surface area (Å²) in [4.78, 5) is 16.0. The van der Waals surface area contributed by atoms with Crippen molar-refractivity contribution in [2.75, 3.05) is 19.0 Å². The molecule has 0 saturated carbocycles. The quantitative estimate of drug-likeness (QED) is 0.880. The highest BCUT2D eigenvalue weighted by atomic mass is 16.5. The number of hydrogen-bond donors (Lipinski definition) is 2. The lowest BCUT2D eigenvalue weighted by atomic mass is 10.1. The van der Waals surface area contributed by atoms with Gasteiger partial charge in [-0.3, -0.25) is 9.78 Å². The van der Waals surface area contributed by atoms with Gasteiger partial charge in [-0.25, -0.2) is 0 Å². The Morgan fingerprint density at radius 2 is 2.24 bits per heavy atom. The van der Waals surface area contributed by atoms with Crippen molar-refractivity contribution in [3.05, 3.63) is 53.9 Å². The molecule has 1 aromatic carbocycles. The average molecular weight is 283 g/mol. The van der Waals surface area contributed by atoms with E-state index in [1.54, 1.807) is 13.2 Å². The number of pyridine rings is 1. The standard InChI is InChI=1S/C16H17N3O2/c1-17-15-13-6-5-12(10-14(13)19-16(15)20)21-9-7-11-4-2-3-8-18-11/h2-6,8,10,15,17H,7,9H2,1H3,(H,19,20). The highest BCUT2D eigenvalue weighted by molar-refractivity contribution is 6.02. The number of amides is 1. The van der Waals surface area contributed by atoms with Gasteiger partial charge in [-0.2, -0.15) is 0 Å². The van der Waals surface area contributed by atoms with Gasteiger partial charge >= 0.3 is 0 Å². The molecule has 2 heterocycles. The van der Waals surface area contributed by atoms with Crippen LogP contribution in [0.3, 0.4) is 0 Å². The number of ether oxygens (including phenoxy) is 1. The Balaban J connectivity index is 1.63. The van der Waals surface area contributed by atoms with Crippen molar-refractivity contribution in [3.63, 3.8) is 0 Å². The summed E-state index contributed by atoms with van der Waals surface area (Å²) in [5.74, 6) is 0.722. The van der Waals surface area contributed by atoms with Gasteiger partial charge in [0, 0.05) is 35.6 Å². The summed E-state index contributed by atoms with van der Waals surface area (Å²) in [7, 11) is 1.77. The van der Waals surface area contributed by atoms with E-state index in [0.717, 1.165) is 29.1 Å². The fourth-order valence-electron chi connectivity index (χ4n) is 2.44. The number of carbonyl (C=O) groups excluding carboxylic acids is 1. The first-order valence-electron chi connectivity index (χ1n) is 6.93. The molecule has 5 nitrogen and oxygen atoms in total. The van der Waals surface area contributed by atoms with Crippen LogP contribution in [0, 0.1) is 0 Å². The second-order valence-corrected chi connectivity index (χ2v) is 4.88. The van der Waals surface area contributed by atoms with Crippen molar-refractivity contribution < 1.29 is 9.53 Å². The zero-order chi connectivity index (χ0) is 14.7. The van der Waals surface area contributed by atoms with Crippen molar-refractivity contribution in [3.8, 4) is 5.75 Å². The molecule has 0 saturated heterocycles. The van der Waals surface area contributed by atoms with Gasteiger partial charge in [-0.15, -0.1) is 0 Å². The molecule has 21 heavy (non-hydrogen) atoms. The van der Waals surface area contributed by atoms with Crippen LogP contribution in [-0.2, 0) is 11.2 Å². The van der Waals surface area contributed by atoms with Crippen molar-refractivity contribution in [2.24, 2.45) is 0 Å². The van der Waals surface area contributed by atoms with E-state index in [-0.39, 0.29) is 11.9 Å². The van der Waals surface area contributed by atoms with Crippen molar-refractivity contribution >= 4 is 11.6 Å². The summed E-state index contributed by atoms with van der Waals surface area (Å²) in [6.45, 7) is 0.555. The monoisotopic (exact) mass is 283 g/mol. The van der Waals surface area contributed by atoms with Crippen molar-refractivity contribution in [2.45, 2.75) is 12.5 Å². The van der Waals surface area contributed by atoms with E-state index in [9.17, 15) is 4.79 Å². The number of likely N-dealkylation sites (N-methyl/N-ethyl adjacent to an activating group) is 1. The van der Waals surface area contributed by atoms with Crippen LogP contribution in [0.4, 0.5) is 5.69 Å². The molecule has 1 amide bonds. The zero-order valence-electron chi connectivity index (χ0n) is 11.8. The molecule has 1 atom stereocenters. The number of hydrogen-bond acceptors (Lipinski definition) is 4. The van der Waals surface area contributed by atoms with E-state index in [0.29, 0.717) is 6.61 Å². The van der Waals surface area contributed by atoms with Gasteiger partial charge in [0.05, 0.1) is 6.61 Å². The summed E-state index contributed by atoms with van der Waals surface area (Å²) >= 11 is 0. The van der Waals surface area contributed by atoms with Crippen LogP contribution in [0.2, 0.25) is 0 Å². The fourth-order valence-corrected chi connectivity index (χ4v) is 2.44. The molecule has 0 radical (unpaired) electrons. The number of aromatic nitrogens is 1. The molecular formula is C16H17N3O2. The molecule has 3 rings (SSSR count). The highest BCUT2D eigenvalue weighted by Crippen LogP contribution is 2.33. The van der Waals surface area contributed by atoms with Gasteiger partial charge in [-0.1, -0.05) is 12.1 Å². The highest BCUT2D eigenvalue weighted by Gasteiger charge is 2.29. The normalized spacial score (nSPS) is 16.4. The van der Waals surface area contributed by atoms with Crippen molar-refractivity contribution in [1.82, 2.24) is 10.3 Å². The lowest BCUT2D eigenvalue weighted by Crippen LogP contribution is -2.23.